The molecule has 1 amide bonds. The molecule has 0 saturated carbocycles. The predicted molar refractivity (Wildman–Crippen MR) is 137 cm³/mol. The minimum Gasteiger partial charge on any atom is -0.492 e. The van der Waals surface area contributed by atoms with Gasteiger partial charge in [0.1, 0.15) is 23.9 Å². The summed E-state index contributed by atoms with van der Waals surface area (Å²) < 4.78 is 30.0. The average Bonchev–Trinajstić information content (AvgIpc) is 2.89. The van der Waals surface area contributed by atoms with E-state index < -0.39 is 24.0 Å². The van der Waals surface area contributed by atoms with E-state index in [1.807, 2.05) is 30.3 Å². The molecule has 0 heterocycles. The molecule has 0 fully saturated rings. The summed E-state index contributed by atoms with van der Waals surface area (Å²) >= 11 is 0. The summed E-state index contributed by atoms with van der Waals surface area (Å²) in [6.07, 6.45) is 0.302. The highest BCUT2D eigenvalue weighted by molar-refractivity contribution is 5.72. The highest BCUT2D eigenvalue weighted by atomic mass is 19.1. The van der Waals surface area contributed by atoms with Crippen molar-refractivity contribution in [2.45, 2.75) is 32.3 Å². The van der Waals surface area contributed by atoms with E-state index in [0.717, 1.165) is 18.4 Å². The molecule has 1 atom stereocenters. The summed E-state index contributed by atoms with van der Waals surface area (Å²) in [5.74, 6) is -0.751. The fourth-order valence-electron chi connectivity index (χ4n) is 3.74. The molecule has 0 aliphatic heterocycles. The molecule has 0 aromatic heterocycles. The number of amides is 1. The molecule has 196 valence electrons. The molecule has 0 aliphatic carbocycles. The molecule has 0 saturated heterocycles. The van der Waals surface area contributed by atoms with Crippen LogP contribution in [0, 0.1) is 5.82 Å². The van der Waals surface area contributed by atoms with Crippen LogP contribution >= 0.6 is 0 Å². The lowest BCUT2D eigenvalue weighted by Gasteiger charge is -2.22. The van der Waals surface area contributed by atoms with Gasteiger partial charge in [0.15, 0.2) is 6.10 Å². The van der Waals surface area contributed by atoms with Gasteiger partial charge >= 0.3 is 12.1 Å². The normalized spacial score (nSPS) is 11.5. The third-order valence-electron chi connectivity index (χ3n) is 5.61. The van der Waals surface area contributed by atoms with Crippen LogP contribution in [-0.2, 0) is 22.4 Å². The number of halogens is 1. The van der Waals surface area contributed by atoms with E-state index in [9.17, 15) is 19.1 Å². The van der Waals surface area contributed by atoms with Crippen molar-refractivity contribution in [3.8, 4) is 11.5 Å². The Morgan fingerprint density at radius 2 is 1.68 bits per heavy atom. The first kappa shape index (κ1) is 27.7. The fraction of sp³-hybridized carbons (Fsp3) is 0.310. The van der Waals surface area contributed by atoms with Gasteiger partial charge in [0.2, 0.25) is 0 Å². The molecule has 3 aromatic rings. The molecule has 3 rings (SSSR count). The van der Waals surface area contributed by atoms with Gasteiger partial charge in [0, 0.05) is 25.6 Å². The van der Waals surface area contributed by atoms with Gasteiger partial charge < -0.3 is 24.2 Å². The second-order valence-corrected chi connectivity index (χ2v) is 8.38. The molecule has 0 radical (unpaired) electrons. The molecule has 7 nitrogen and oxygen atoms in total. The average molecular weight is 510 g/mol. The fourth-order valence-corrected chi connectivity index (χ4v) is 3.74. The molecular formula is C29H32FNO6. The van der Waals surface area contributed by atoms with Gasteiger partial charge in [-0.15, -0.1) is 0 Å². The lowest BCUT2D eigenvalue weighted by atomic mass is 10.1. The van der Waals surface area contributed by atoms with Gasteiger partial charge in [0.05, 0.1) is 6.54 Å². The Morgan fingerprint density at radius 1 is 0.919 bits per heavy atom. The van der Waals surface area contributed by atoms with E-state index in [4.69, 9.17) is 14.2 Å². The third-order valence-corrected chi connectivity index (χ3v) is 5.61. The Kier molecular flexibility index (Phi) is 10.9. The van der Waals surface area contributed by atoms with Crippen LogP contribution in [0.4, 0.5) is 9.18 Å². The number of carboxylic acid groups (broad SMARTS) is 1. The summed E-state index contributed by atoms with van der Waals surface area (Å²) in [6, 6.07) is 22.5. The molecular weight excluding hydrogens is 477 g/mol. The molecule has 0 spiro atoms. The molecule has 1 unspecified atom stereocenters. The van der Waals surface area contributed by atoms with Gasteiger partial charge in [-0.1, -0.05) is 48.5 Å². The van der Waals surface area contributed by atoms with Crippen molar-refractivity contribution in [1.29, 1.82) is 0 Å². The Bertz CT molecular complexity index is 1120. The number of aliphatic carboxylic acids is 1. The zero-order chi connectivity index (χ0) is 26.5. The molecule has 0 aliphatic rings. The van der Waals surface area contributed by atoms with Crippen LogP contribution in [0.3, 0.4) is 0 Å². The number of hydrogen-bond acceptors (Lipinski definition) is 5. The van der Waals surface area contributed by atoms with Crippen molar-refractivity contribution in [2.75, 3.05) is 26.3 Å². The van der Waals surface area contributed by atoms with Crippen LogP contribution in [0.15, 0.2) is 78.9 Å². The number of nitrogens with zero attached hydrogens (tertiary/aromatic N) is 1. The van der Waals surface area contributed by atoms with E-state index in [0.29, 0.717) is 18.9 Å². The zero-order valence-corrected chi connectivity index (χ0v) is 20.8. The second kappa shape index (κ2) is 14.6. The molecule has 37 heavy (non-hydrogen) atoms. The van der Waals surface area contributed by atoms with Crippen LogP contribution in [0.2, 0.25) is 0 Å². The van der Waals surface area contributed by atoms with Gasteiger partial charge in [0.25, 0.3) is 0 Å². The quantitative estimate of drug-likeness (QED) is 0.315. The van der Waals surface area contributed by atoms with Crippen LogP contribution < -0.4 is 9.47 Å². The van der Waals surface area contributed by atoms with E-state index in [1.165, 1.54) is 29.8 Å². The number of rotatable bonds is 14. The third kappa shape index (κ3) is 9.57. The Morgan fingerprint density at radius 3 is 2.35 bits per heavy atom. The minimum absolute atomic E-state index is 0.140. The van der Waals surface area contributed by atoms with Crippen molar-refractivity contribution < 1.29 is 33.3 Å². The van der Waals surface area contributed by atoms with E-state index in [2.05, 4.69) is 0 Å². The zero-order valence-electron chi connectivity index (χ0n) is 20.8. The summed E-state index contributed by atoms with van der Waals surface area (Å²) in [5, 5.41) is 9.26. The number of carbonyl (C=O) groups is 2. The summed E-state index contributed by atoms with van der Waals surface area (Å²) in [7, 11) is 0. The SMILES string of the molecule is CCOC(Cc1ccc(OCCN(CCCc2ccccc2)C(=O)Oc2cccc(F)c2)cc1)C(=O)O. The van der Waals surface area contributed by atoms with Crippen LogP contribution in [0.5, 0.6) is 11.5 Å². The first-order valence-electron chi connectivity index (χ1n) is 12.3. The summed E-state index contributed by atoms with van der Waals surface area (Å²) in [6.45, 7) is 3.02. The Balaban J connectivity index is 1.55. The number of carboxylic acids is 1. The largest absolute Gasteiger partial charge is 0.492 e. The standard InChI is InChI=1S/C29H32FNO6/c1-2-35-27(28(32)33)20-23-13-15-25(16-14-23)36-19-18-31(17-7-10-22-8-4-3-5-9-22)29(34)37-26-12-6-11-24(30)21-26/h3-6,8-9,11-16,21,27H,2,7,10,17-20H2,1H3,(H,32,33). The second-order valence-electron chi connectivity index (χ2n) is 8.38. The van der Waals surface area contributed by atoms with Gasteiger partial charge in [-0.2, -0.15) is 0 Å². The van der Waals surface area contributed by atoms with Gasteiger partial charge in [-0.25, -0.2) is 14.0 Å². The van der Waals surface area contributed by atoms with Crippen molar-refractivity contribution >= 4 is 12.1 Å². The van der Waals surface area contributed by atoms with Crippen LogP contribution in [0.1, 0.15) is 24.5 Å². The first-order chi connectivity index (χ1) is 17.9. The lowest BCUT2D eigenvalue weighted by molar-refractivity contribution is -0.149. The Labute approximate surface area is 216 Å². The molecule has 8 heteroatoms. The minimum atomic E-state index is -1.00. The van der Waals surface area contributed by atoms with Crippen LogP contribution in [0.25, 0.3) is 0 Å². The lowest BCUT2D eigenvalue weighted by Crippen LogP contribution is -2.37. The van der Waals surface area contributed by atoms with Crippen molar-refractivity contribution in [3.63, 3.8) is 0 Å². The van der Waals surface area contributed by atoms with E-state index >= 15 is 0 Å². The molecule has 0 bridgehead atoms. The predicted octanol–water partition coefficient (Wildman–Crippen LogP) is 5.37. The van der Waals surface area contributed by atoms with Crippen LogP contribution in [-0.4, -0.2) is 54.5 Å². The molecule has 3 aromatic carbocycles. The summed E-state index contributed by atoms with van der Waals surface area (Å²) in [5.41, 5.74) is 1.99. The number of ether oxygens (including phenoxy) is 3. The smallest absolute Gasteiger partial charge is 0.415 e. The number of benzene rings is 3. The maximum absolute atomic E-state index is 13.5. The number of aryl methyl sites for hydroxylation is 1. The first-order valence-corrected chi connectivity index (χ1v) is 12.3. The number of carbonyl (C=O) groups excluding carboxylic acids is 1. The molecule has 1 N–H and O–H groups in total. The van der Waals surface area contributed by atoms with Gasteiger partial charge in [-0.3, -0.25) is 0 Å². The van der Waals surface area contributed by atoms with E-state index in [1.54, 1.807) is 36.1 Å². The van der Waals surface area contributed by atoms with Crippen molar-refractivity contribution in [1.82, 2.24) is 4.90 Å². The van der Waals surface area contributed by atoms with E-state index in [-0.39, 0.29) is 25.3 Å². The monoisotopic (exact) mass is 509 g/mol. The summed E-state index contributed by atoms with van der Waals surface area (Å²) in [4.78, 5) is 25.7. The Hall–Kier alpha value is -3.91. The van der Waals surface area contributed by atoms with Crippen molar-refractivity contribution in [2.24, 2.45) is 0 Å². The maximum atomic E-state index is 13.5. The highest BCUT2D eigenvalue weighted by Crippen LogP contribution is 2.16. The highest BCUT2D eigenvalue weighted by Gasteiger charge is 2.18. The topological polar surface area (TPSA) is 85.3 Å². The maximum Gasteiger partial charge on any atom is 0.415 e. The van der Waals surface area contributed by atoms with Crippen molar-refractivity contribution in [3.05, 3.63) is 95.8 Å². The number of hydrogen-bond donors (Lipinski definition) is 1. The van der Waals surface area contributed by atoms with Gasteiger partial charge in [-0.05, 0) is 55.2 Å².